The molecule has 3 rings (SSSR count). The van der Waals surface area contributed by atoms with Crippen molar-refractivity contribution in [2.24, 2.45) is 0 Å². The zero-order valence-electron chi connectivity index (χ0n) is 15.4. The van der Waals surface area contributed by atoms with E-state index in [0.29, 0.717) is 16.3 Å². The van der Waals surface area contributed by atoms with Crippen LogP contribution in [0.4, 0.5) is 5.69 Å². The molecule has 0 fully saturated rings. The number of nitrogens with zero attached hydrogens (tertiary/aromatic N) is 2. The van der Waals surface area contributed by atoms with Crippen LogP contribution in [0.2, 0.25) is 5.02 Å². The lowest BCUT2D eigenvalue weighted by atomic mass is 10.1. The number of aryl methyl sites for hydroxylation is 1. The van der Waals surface area contributed by atoms with Gasteiger partial charge >= 0.3 is 5.97 Å². The van der Waals surface area contributed by atoms with E-state index >= 15 is 0 Å². The minimum atomic E-state index is -0.738. The first-order valence-electron chi connectivity index (χ1n) is 8.63. The van der Waals surface area contributed by atoms with Gasteiger partial charge in [-0.1, -0.05) is 47.1 Å². The van der Waals surface area contributed by atoms with Gasteiger partial charge in [-0.15, -0.1) is 0 Å². The number of aromatic nitrogens is 1. The number of carbonyl (C=O) groups is 2. The number of esters is 1. The smallest absolute Gasteiger partial charge is 0.344 e. The van der Waals surface area contributed by atoms with Gasteiger partial charge in [-0.3, -0.25) is 4.79 Å². The Morgan fingerprint density at radius 1 is 1.21 bits per heavy atom. The molecule has 0 bridgehead atoms. The summed E-state index contributed by atoms with van der Waals surface area (Å²) in [5.74, 6) is -0.976. The maximum atomic E-state index is 12.5. The molecule has 0 saturated carbocycles. The first-order valence-corrected chi connectivity index (χ1v) is 9.01. The highest BCUT2D eigenvalue weighted by molar-refractivity contribution is 6.33. The summed E-state index contributed by atoms with van der Waals surface area (Å²) in [6.45, 7) is 1.10. The van der Waals surface area contributed by atoms with E-state index in [2.05, 4.69) is 10.5 Å². The molecular weight excluding hydrogens is 394 g/mol. The average Bonchev–Trinajstić information content (AvgIpc) is 3.09. The van der Waals surface area contributed by atoms with E-state index in [9.17, 15) is 9.59 Å². The van der Waals surface area contributed by atoms with Crippen LogP contribution in [0.15, 0.2) is 53.1 Å². The number of anilines is 1. The third-order valence-corrected chi connectivity index (χ3v) is 4.38. The minimum absolute atomic E-state index is 0.117. The van der Waals surface area contributed by atoms with Gasteiger partial charge in [0.05, 0.1) is 17.5 Å². The standard InChI is InChI=1S/C21H16ClN3O4/c1-13-19(20(25-29-13)16-4-2-3-5-17(16)22)21(27)28-12-18(26)24-15-8-6-14(7-9-15)10-11-23/h2-9H,10,12H2,1H3,(H,24,26). The van der Waals surface area contributed by atoms with Crippen molar-refractivity contribution < 1.29 is 18.8 Å². The Labute approximate surface area is 171 Å². The van der Waals surface area contributed by atoms with Crippen LogP contribution in [0.3, 0.4) is 0 Å². The van der Waals surface area contributed by atoms with Crippen molar-refractivity contribution in [1.82, 2.24) is 5.16 Å². The number of carbonyl (C=O) groups excluding carboxylic acids is 2. The van der Waals surface area contributed by atoms with Crippen molar-refractivity contribution in [3.8, 4) is 17.3 Å². The van der Waals surface area contributed by atoms with Crippen molar-refractivity contribution >= 4 is 29.2 Å². The molecule has 1 aromatic heterocycles. The Morgan fingerprint density at radius 2 is 1.93 bits per heavy atom. The van der Waals surface area contributed by atoms with Crippen LogP contribution in [-0.4, -0.2) is 23.6 Å². The Kier molecular flexibility index (Phi) is 6.27. The number of nitriles is 1. The van der Waals surface area contributed by atoms with Crippen molar-refractivity contribution in [2.75, 3.05) is 11.9 Å². The fraction of sp³-hybridized carbons (Fsp3) is 0.143. The minimum Gasteiger partial charge on any atom is -0.452 e. The van der Waals surface area contributed by atoms with Crippen LogP contribution >= 0.6 is 11.6 Å². The molecule has 3 aromatic rings. The van der Waals surface area contributed by atoms with Crippen LogP contribution < -0.4 is 5.32 Å². The molecule has 0 saturated heterocycles. The van der Waals surface area contributed by atoms with Gasteiger partial charge in [-0.05, 0) is 30.7 Å². The molecule has 2 aromatic carbocycles. The summed E-state index contributed by atoms with van der Waals surface area (Å²) in [7, 11) is 0. The van der Waals surface area contributed by atoms with Crippen LogP contribution in [0.5, 0.6) is 0 Å². The van der Waals surface area contributed by atoms with Gasteiger partial charge in [0, 0.05) is 11.3 Å². The molecule has 0 aliphatic rings. The second-order valence-electron chi connectivity index (χ2n) is 6.10. The van der Waals surface area contributed by atoms with E-state index in [0.717, 1.165) is 5.56 Å². The number of benzene rings is 2. The number of rotatable bonds is 6. The van der Waals surface area contributed by atoms with E-state index in [1.165, 1.54) is 0 Å². The first-order chi connectivity index (χ1) is 14.0. The Morgan fingerprint density at radius 3 is 2.62 bits per heavy atom. The number of hydrogen-bond donors (Lipinski definition) is 1. The SMILES string of the molecule is Cc1onc(-c2ccccc2Cl)c1C(=O)OCC(=O)Nc1ccc(CC#N)cc1. The number of amides is 1. The lowest BCUT2D eigenvalue weighted by molar-refractivity contribution is -0.119. The molecule has 0 unspecified atom stereocenters. The summed E-state index contributed by atoms with van der Waals surface area (Å²) in [6.07, 6.45) is 0.289. The van der Waals surface area contributed by atoms with Gasteiger partial charge in [-0.2, -0.15) is 5.26 Å². The van der Waals surface area contributed by atoms with Crippen molar-refractivity contribution in [1.29, 1.82) is 5.26 Å². The highest BCUT2D eigenvalue weighted by Gasteiger charge is 2.24. The maximum Gasteiger partial charge on any atom is 0.344 e. The van der Waals surface area contributed by atoms with E-state index in [1.807, 2.05) is 6.07 Å². The van der Waals surface area contributed by atoms with Crippen molar-refractivity contribution in [3.05, 3.63) is 70.4 Å². The summed E-state index contributed by atoms with van der Waals surface area (Å²) >= 11 is 6.18. The first kappa shape index (κ1) is 20.1. The van der Waals surface area contributed by atoms with E-state index < -0.39 is 18.5 Å². The Bertz CT molecular complexity index is 1080. The second-order valence-corrected chi connectivity index (χ2v) is 6.51. The van der Waals surface area contributed by atoms with Crippen molar-refractivity contribution in [3.63, 3.8) is 0 Å². The fourth-order valence-electron chi connectivity index (χ4n) is 2.65. The molecule has 8 heteroatoms. The number of nitrogens with one attached hydrogen (secondary N) is 1. The molecule has 7 nitrogen and oxygen atoms in total. The molecule has 0 aliphatic carbocycles. The van der Waals surface area contributed by atoms with Gasteiger partial charge in [-0.25, -0.2) is 4.79 Å². The molecular formula is C21H16ClN3O4. The van der Waals surface area contributed by atoms with E-state index in [4.69, 9.17) is 26.1 Å². The van der Waals surface area contributed by atoms with Crippen LogP contribution in [0.1, 0.15) is 21.7 Å². The molecule has 0 radical (unpaired) electrons. The summed E-state index contributed by atoms with van der Waals surface area (Å²) in [4.78, 5) is 24.6. The number of hydrogen-bond acceptors (Lipinski definition) is 6. The van der Waals surface area contributed by atoms with Gasteiger partial charge in [0.1, 0.15) is 17.0 Å². The number of halogens is 1. The largest absolute Gasteiger partial charge is 0.452 e. The van der Waals surface area contributed by atoms with Crippen LogP contribution in [-0.2, 0) is 16.0 Å². The van der Waals surface area contributed by atoms with E-state index in [-0.39, 0.29) is 23.4 Å². The van der Waals surface area contributed by atoms with Crippen LogP contribution in [0.25, 0.3) is 11.3 Å². The average molecular weight is 410 g/mol. The lowest BCUT2D eigenvalue weighted by Gasteiger charge is -2.08. The summed E-state index contributed by atoms with van der Waals surface area (Å²) in [5.41, 5.74) is 2.27. The molecule has 0 aliphatic heterocycles. The molecule has 0 spiro atoms. The zero-order valence-corrected chi connectivity index (χ0v) is 16.2. The van der Waals surface area contributed by atoms with E-state index in [1.54, 1.807) is 55.5 Å². The quantitative estimate of drug-likeness (QED) is 0.612. The predicted octanol–water partition coefficient (Wildman–Crippen LogP) is 4.17. The molecule has 146 valence electrons. The summed E-state index contributed by atoms with van der Waals surface area (Å²) in [5, 5.41) is 15.6. The van der Waals surface area contributed by atoms with Gasteiger partial charge < -0.3 is 14.6 Å². The lowest BCUT2D eigenvalue weighted by Crippen LogP contribution is -2.21. The van der Waals surface area contributed by atoms with Gasteiger partial charge in [0.2, 0.25) is 0 Å². The zero-order chi connectivity index (χ0) is 20.8. The molecule has 0 atom stereocenters. The predicted molar refractivity (Wildman–Crippen MR) is 106 cm³/mol. The third kappa shape index (κ3) is 4.81. The third-order valence-electron chi connectivity index (χ3n) is 4.05. The highest BCUT2D eigenvalue weighted by Crippen LogP contribution is 2.31. The maximum absolute atomic E-state index is 12.5. The normalized spacial score (nSPS) is 10.2. The Hall–Kier alpha value is -3.63. The van der Waals surface area contributed by atoms with Gasteiger partial charge in [0.25, 0.3) is 5.91 Å². The Balaban J connectivity index is 1.65. The summed E-state index contributed by atoms with van der Waals surface area (Å²) < 4.78 is 10.3. The van der Waals surface area contributed by atoms with Crippen LogP contribution in [0, 0.1) is 18.3 Å². The molecule has 1 amide bonds. The fourth-order valence-corrected chi connectivity index (χ4v) is 2.87. The second kappa shape index (κ2) is 9.04. The topological polar surface area (TPSA) is 105 Å². The monoisotopic (exact) mass is 409 g/mol. The molecule has 1 heterocycles. The highest BCUT2D eigenvalue weighted by atomic mass is 35.5. The molecule has 1 N–H and O–H groups in total. The van der Waals surface area contributed by atoms with Crippen molar-refractivity contribution in [2.45, 2.75) is 13.3 Å². The molecule has 29 heavy (non-hydrogen) atoms. The number of ether oxygens (including phenoxy) is 1. The van der Waals surface area contributed by atoms with Gasteiger partial charge in [0.15, 0.2) is 6.61 Å². The summed E-state index contributed by atoms with van der Waals surface area (Å²) in [6, 6.07) is 15.8.